The molecule has 0 bridgehead atoms. The van der Waals surface area contributed by atoms with Crippen molar-refractivity contribution in [3.63, 3.8) is 0 Å². The number of fused-ring (bicyclic) bond motifs is 1. The quantitative estimate of drug-likeness (QED) is 0.371. The molecule has 162 valence electrons. The lowest BCUT2D eigenvalue weighted by atomic mass is 10.1. The van der Waals surface area contributed by atoms with Crippen LogP contribution in [0.3, 0.4) is 0 Å². The number of carbonyl (C=O) groups is 1. The minimum Gasteiger partial charge on any atom is -0.321 e. The van der Waals surface area contributed by atoms with Gasteiger partial charge in [0, 0.05) is 22.3 Å². The summed E-state index contributed by atoms with van der Waals surface area (Å²) in [5.74, 6) is -0.430. The van der Waals surface area contributed by atoms with E-state index >= 15 is 0 Å². The average Bonchev–Trinajstić information content (AvgIpc) is 2.76. The summed E-state index contributed by atoms with van der Waals surface area (Å²) < 4.78 is 28.5. The first-order chi connectivity index (χ1) is 15.2. The van der Waals surface area contributed by atoms with Crippen LogP contribution in [0.4, 0.5) is 11.4 Å². The number of hydrogen-bond donors (Lipinski definition) is 2. The summed E-state index contributed by atoms with van der Waals surface area (Å²) in [5.41, 5.74) is 3.26. The molecule has 5 nitrogen and oxygen atoms in total. The second kappa shape index (κ2) is 8.65. The van der Waals surface area contributed by atoms with Gasteiger partial charge in [-0.25, -0.2) is 8.42 Å². The Labute approximate surface area is 192 Å². The molecule has 0 heterocycles. The molecule has 4 aromatic carbocycles. The third-order valence-electron chi connectivity index (χ3n) is 5.28. The van der Waals surface area contributed by atoms with Gasteiger partial charge in [0.1, 0.15) is 4.90 Å². The Morgan fingerprint density at radius 3 is 2.38 bits per heavy atom. The summed E-state index contributed by atoms with van der Waals surface area (Å²) in [6.07, 6.45) is 0. The van der Waals surface area contributed by atoms with Crippen molar-refractivity contribution in [3.05, 3.63) is 101 Å². The van der Waals surface area contributed by atoms with Crippen molar-refractivity contribution >= 4 is 49.7 Å². The molecule has 4 aromatic rings. The van der Waals surface area contributed by atoms with Gasteiger partial charge in [-0.3, -0.25) is 9.52 Å². The van der Waals surface area contributed by atoms with Gasteiger partial charge in [-0.1, -0.05) is 54.1 Å². The van der Waals surface area contributed by atoms with Crippen LogP contribution in [0.25, 0.3) is 10.8 Å². The summed E-state index contributed by atoms with van der Waals surface area (Å²) in [6.45, 7) is 3.85. The summed E-state index contributed by atoms with van der Waals surface area (Å²) in [7, 11) is -4.00. The van der Waals surface area contributed by atoms with Crippen LogP contribution in [0.5, 0.6) is 0 Å². The third-order valence-corrected chi connectivity index (χ3v) is 7.14. The van der Waals surface area contributed by atoms with E-state index in [0.29, 0.717) is 11.4 Å². The van der Waals surface area contributed by atoms with Gasteiger partial charge in [0.25, 0.3) is 15.9 Å². The largest absolute Gasteiger partial charge is 0.321 e. The van der Waals surface area contributed by atoms with Crippen LogP contribution in [0.15, 0.2) is 83.8 Å². The summed E-state index contributed by atoms with van der Waals surface area (Å²) >= 11 is 6.20. The highest BCUT2D eigenvalue weighted by Crippen LogP contribution is 2.27. The Kier molecular flexibility index (Phi) is 5.91. The predicted octanol–water partition coefficient (Wildman–Crippen LogP) is 6.16. The third kappa shape index (κ3) is 4.47. The zero-order valence-corrected chi connectivity index (χ0v) is 19.1. The maximum atomic E-state index is 13.0. The van der Waals surface area contributed by atoms with Crippen molar-refractivity contribution < 1.29 is 13.2 Å². The van der Waals surface area contributed by atoms with E-state index in [9.17, 15) is 13.2 Å². The number of benzene rings is 4. The normalized spacial score (nSPS) is 11.3. The Morgan fingerprint density at radius 2 is 1.59 bits per heavy atom. The summed E-state index contributed by atoms with van der Waals surface area (Å²) in [5, 5.41) is 4.77. The Bertz CT molecular complexity index is 1440. The number of nitrogens with one attached hydrogen (secondary N) is 2. The number of hydrogen-bond acceptors (Lipinski definition) is 3. The van der Waals surface area contributed by atoms with Gasteiger partial charge in [0.15, 0.2) is 0 Å². The zero-order chi connectivity index (χ0) is 22.9. The van der Waals surface area contributed by atoms with Crippen molar-refractivity contribution in [1.29, 1.82) is 0 Å². The molecule has 0 saturated heterocycles. The minimum absolute atomic E-state index is 0.0306. The molecule has 2 N–H and O–H groups in total. The fraction of sp³-hybridized carbons (Fsp3) is 0.0800. The fourth-order valence-electron chi connectivity index (χ4n) is 3.39. The van der Waals surface area contributed by atoms with Crippen LogP contribution in [0.1, 0.15) is 21.5 Å². The van der Waals surface area contributed by atoms with Crippen molar-refractivity contribution in [2.45, 2.75) is 18.7 Å². The minimum atomic E-state index is -4.00. The summed E-state index contributed by atoms with van der Waals surface area (Å²) in [4.78, 5) is 12.8. The number of carbonyl (C=O) groups excluding carboxylic acids is 1. The maximum Gasteiger partial charge on any atom is 0.263 e. The second-order valence-corrected chi connectivity index (χ2v) is 9.59. The van der Waals surface area contributed by atoms with Crippen molar-refractivity contribution in [1.82, 2.24) is 0 Å². The number of aryl methyl sites for hydroxylation is 2. The molecule has 0 atom stereocenters. The highest BCUT2D eigenvalue weighted by molar-refractivity contribution is 7.92. The van der Waals surface area contributed by atoms with Gasteiger partial charge in [-0.2, -0.15) is 0 Å². The van der Waals surface area contributed by atoms with E-state index in [2.05, 4.69) is 10.0 Å². The van der Waals surface area contributed by atoms with E-state index in [1.54, 1.807) is 18.2 Å². The molecule has 32 heavy (non-hydrogen) atoms. The van der Waals surface area contributed by atoms with E-state index < -0.39 is 15.9 Å². The van der Waals surface area contributed by atoms with Gasteiger partial charge in [0.05, 0.1) is 5.02 Å². The topological polar surface area (TPSA) is 75.3 Å². The molecule has 0 fully saturated rings. The second-order valence-electron chi connectivity index (χ2n) is 7.53. The lowest BCUT2D eigenvalue weighted by Crippen LogP contribution is -2.16. The highest BCUT2D eigenvalue weighted by Gasteiger charge is 2.21. The number of halogens is 1. The molecule has 0 aliphatic heterocycles. The Hall–Kier alpha value is -3.35. The molecule has 0 aromatic heterocycles. The van der Waals surface area contributed by atoms with Gasteiger partial charge in [0.2, 0.25) is 0 Å². The smallest absolute Gasteiger partial charge is 0.263 e. The lowest BCUT2D eigenvalue weighted by molar-refractivity contribution is 0.102. The number of amides is 1. The monoisotopic (exact) mass is 464 g/mol. The average molecular weight is 465 g/mol. The molecule has 0 saturated carbocycles. The Morgan fingerprint density at radius 1 is 0.844 bits per heavy atom. The van der Waals surface area contributed by atoms with Crippen molar-refractivity contribution in [3.8, 4) is 0 Å². The van der Waals surface area contributed by atoms with Crippen molar-refractivity contribution in [2.24, 2.45) is 0 Å². The van der Waals surface area contributed by atoms with Gasteiger partial charge in [-0.05, 0) is 66.8 Å². The van der Waals surface area contributed by atoms with Crippen LogP contribution < -0.4 is 10.0 Å². The molecule has 7 heteroatoms. The SMILES string of the molecule is Cc1ccc(NS(=O)(=O)c2cc(C(=O)Nc3cccc4ccccc34)ccc2Cl)cc1C. The molecule has 1 amide bonds. The molecule has 0 unspecified atom stereocenters. The standard InChI is InChI=1S/C25H21ClN2O3S/c1-16-10-12-20(14-17(16)2)28-32(30,31)24-15-19(11-13-22(24)26)25(29)27-23-9-5-7-18-6-3-4-8-21(18)23/h3-15,28H,1-2H3,(H,27,29). The molecular weight excluding hydrogens is 444 g/mol. The number of anilines is 2. The maximum absolute atomic E-state index is 13.0. The van der Waals surface area contributed by atoms with Crippen LogP contribution >= 0.6 is 11.6 Å². The first-order valence-electron chi connectivity index (χ1n) is 9.93. The molecule has 0 radical (unpaired) electrons. The van der Waals surface area contributed by atoms with Crippen LogP contribution in [0, 0.1) is 13.8 Å². The van der Waals surface area contributed by atoms with E-state index in [-0.39, 0.29) is 15.5 Å². The summed E-state index contributed by atoms with van der Waals surface area (Å²) in [6, 6.07) is 22.8. The van der Waals surface area contributed by atoms with Crippen LogP contribution in [-0.4, -0.2) is 14.3 Å². The van der Waals surface area contributed by atoms with E-state index in [1.807, 2.05) is 56.3 Å². The van der Waals surface area contributed by atoms with Gasteiger partial charge in [-0.15, -0.1) is 0 Å². The first-order valence-corrected chi connectivity index (χ1v) is 11.8. The number of sulfonamides is 1. The predicted molar refractivity (Wildman–Crippen MR) is 130 cm³/mol. The molecule has 4 rings (SSSR count). The Balaban J connectivity index is 1.64. The first kappa shape index (κ1) is 21.9. The van der Waals surface area contributed by atoms with Crippen LogP contribution in [-0.2, 0) is 10.0 Å². The molecular formula is C25H21ClN2O3S. The van der Waals surface area contributed by atoms with E-state index in [4.69, 9.17) is 11.6 Å². The van der Waals surface area contributed by atoms with Crippen molar-refractivity contribution in [2.75, 3.05) is 10.0 Å². The lowest BCUT2D eigenvalue weighted by Gasteiger charge is -2.13. The zero-order valence-electron chi connectivity index (χ0n) is 17.5. The van der Waals surface area contributed by atoms with E-state index in [0.717, 1.165) is 21.9 Å². The highest BCUT2D eigenvalue weighted by atomic mass is 35.5. The molecule has 0 aliphatic carbocycles. The van der Waals surface area contributed by atoms with Crippen LogP contribution in [0.2, 0.25) is 5.02 Å². The molecule has 0 spiro atoms. The molecule has 0 aliphatic rings. The number of rotatable bonds is 5. The van der Waals surface area contributed by atoms with Gasteiger partial charge < -0.3 is 5.32 Å². The van der Waals surface area contributed by atoms with Gasteiger partial charge >= 0.3 is 0 Å². The fourth-order valence-corrected chi connectivity index (χ4v) is 4.97. The van der Waals surface area contributed by atoms with E-state index in [1.165, 1.54) is 18.2 Å².